The summed E-state index contributed by atoms with van der Waals surface area (Å²) in [4.78, 5) is 31.4. The number of nitrogens with one attached hydrogen (secondary N) is 1. The first-order valence-corrected chi connectivity index (χ1v) is 15.4. The summed E-state index contributed by atoms with van der Waals surface area (Å²) in [6.45, 7) is 4.24. The molecule has 1 aliphatic rings. The van der Waals surface area contributed by atoms with Crippen molar-refractivity contribution in [1.29, 1.82) is 0 Å². The molecule has 1 aliphatic heterocycles. The molecule has 1 fully saturated rings. The SMILES string of the molecule is [B]c1cc(Oc2ccc(S(=O)(=O)N3C(=O)N(CCCCCN)C(=O)C3Cc3c[nH]c4ccccc34)cc2C)ccc1C. The average molecular weight is 585 g/mol. The Morgan fingerprint density at radius 1 is 0.976 bits per heavy atom. The minimum absolute atomic E-state index is 0.0438. The first kappa shape index (κ1) is 29.4. The van der Waals surface area contributed by atoms with Crippen molar-refractivity contribution in [2.75, 3.05) is 13.1 Å². The van der Waals surface area contributed by atoms with Gasteiger partial charge in [0.1, 0.15) is 25.4 Å². The molecule has 1 saturated heterocycles. The van der Waals surface area contributed by atoms with E-state index in [1.165, 1.54) is 12.1 Å². The number of hydrogen-bond donors (Lipinski definition) is 2. The maximum Gasteiger partial charge on any atom is 0.341 e. The summed E-state index contributed by atoms with van der Waals surface area (Å²) in [5.41, 5.74) is 9.24. The van der Waals surface area contributed by atoms with Gasteiger partial charge in [-0.1, -0.05) is 41.7 Å². The lowest BCUT2D eigenvalue weighted by Gasteiger charge is -2.22. The number of imide groups is 1. The average Bonchev–Trinajstić information content (AvgIpc) is 3.48. The molecule has 0 bridgehead atoms. The molecular formula is C31H33BN4O5S. The lowest BCUT2D eigenvalue weighted by molar-refractivity contribution is -0.127. The third-order valence-electron chi connectivity index (χ3n) is 7.61. The minimum atomic E-state index is -4.40. The number of sulfonamides is 1. The minimum Gasteiger partial charge on any atom is -0.457 e. The second-order valence-corrected chi connectivity index (χ2v) is 12.4. The number of aromatic nitrogens is 1. The predicted octanol–water partition coefficient (Wildman–Crippen LogP) is 4.06. The number of urea groups is 1. The molecule has 4 aromatic rings. The Balaban J connectivity index is 1.47. The van der Waals surface area contributed by atoms with Crippen molar-refractivity contribution in [3.8, 4) is 11.5 Å². The Bertz CT molecular complexity index is 1750. The monoisotopic (exact) mass is 584 g/mol. The van der Waals surface area contributed by atoms with Gasteiger partial charge in [-0.25, -0.2) is 17.5 Å². The fourth-order valence-electron chi connectivity index (χ4n) is 5.19. The molecule has 0 aliphatic carbocycles. The Labute approximate surface area is 247 Å². The Hall–Kier alpha value is -4.09. The zero-order valence-electron chi connectivity index (χ0n) is 23.7. The van der Waals surface area contributed by atoms with Gasteiger partial charge in [0.15, 0.2) is 0 Å². The molecule has 0 spiro atoms. The van der Waals surface area contributed by atoms with Crippen LogP contribution >= 0.6 is 0 Å². The third kappa shape index (κ3) is 5.66. The third-order valence-corrected chi connectivity index (χ3v) is 9.39. The van der Waals surface area contributed by atoms with E-state index in [9.17, 15) is 18.0 Å². The van der Waals surface area contributed by atoms with E-state index in [1.54, 1.807) is 31.3 Å². The van der Waals surface area contributed by atoms with E-state index in [0.717, 1.165) is 44.1 Å². The van der Waals surface area contributed by atoms with Crippen LogP contribution in [0.1, 0.15) is 36.0 Å². The van der Waals surface area contributed by atoms with Gasteiger partial charge in [-0.05, 0) is 80.8 Å². The summed E-state index contributed by atoms with van der Waals surface area (Å²) in [5, 5.41) is 0.866. The molecule has 2 radical (unpaired) electrons. The van der Waals surface area contributed by atoms with Crippen LogP contribution in [-0.4, -0.2) is 61.5 Å². The number of rotatable bonds is 11. The van der Waals surface area contributed by atoms with E-state index in [4.69, 9.17) is 18.3 Å². The number of hydrogen-bond acceptors (Lipinski definition) is 6. The van der Waals surface area contributed by atoms with Crippen LogP contribution in [0.2, 0.25) is 0 Å². The molecule has 3 amide bonds. The Morgan fingerprint density at radius 2 is 1.76 bits per heavy atom. The summed E-state index contributed by atoms with van der Waals surface area (Å²) >= 11 is 0. The summed E-state index contributed by atoms with van der Waals surface area (Å²) in [6.07, 6.45) is 3.81. The molecule has 216 valence electrons. The smallest absolute Gasteiger partial charge is 0.341 e. The molecule has 9 nitrogen and oxygen atoms in total. The molecule has 1 aromatic heterocycles. The number of aromatic amines is 1. The molecular weight excluding hydrogens is 551 g/mol. The van der Waals surface area contributed by atoms with Crippen LogP contribution in [0.4, 0.5) is 4.79 Å². The topological polar surface area (TPSA) is 126 Å². The highest BCUT2D eigenvalue weighted by molar-refractivity contribution is 7.89. The number of carbonyl (C=O) groups excluding carboxylic acids is 2. The highest BCUT2D eigenvalue weighted by atomic mass is 32.2. The summed E-state index contributed by atoms with van der Waals surface area (Å²) < 4.78 is 34.8. The first-order valence-electron chi connectivity index (χ1n) is 13.9. The van der Waals surface area contributed by atoms with Crippen molar-refractivity contribution in [3.05, 3.63) is 83.6 Å². The quantitative estimate of drug-likeness (QED) is 0.156. The summed E-state index contributed by atoms with van der Waals surface area (Å²) in [6, 6.07) is 15.2. The number of fused-ring (bicyclic) bond motifs is 1. The lowest BCUT2D eigenvalue weighted by Crippen LogP contribution is -2.41. The largest absolute Gasteiger partial charge is 0.457 e. The Morgan fingerprint density at radius 3 is 2.50 bits per heavy atom. The van der Waals surface area contributed by atoms with Gasteiger partial charge in [-0.2, -0.15) is 0 Å². The number of para-hydroxylation sites is 1. The molecule has 1 unspecified atom stereocenters. The predicted molar refractivity (Wildman–Crippen MR) is 163 cm³/mol. The number of nitrogens with zero attached hydrogens (tertiary/aromatic N) is 2. The lowest BCUT2D eigenvalue weighted by atomic mass is 9.91. The van der Waals surface area contributed by atoms with Crippen molar-refractivity contribution >= 4 is 46.2 Å². The fraction of sp³-hybridized carbons (Fsp3) is 0.290. The van der Waals surface area contributed by atoms with Crippen molar-refractivity contribution in [1.82, 2.24) is 14.2 Å². The number of carbonyl (C=O) groups is 2. The molecule has 42 heavy (non-hydrogen) atoms. The van der Waals surface area contributed by atoms with E-state index in [0.29, 0.717) is 35.5 Å². The van der Waals surface area contributed by atoms with Gasteiger partial charge in [0, 0.05) is 30.1 Å². The summed E-state index contributed by atoms with van der Waals surface area (Å²) in [5.74, 6) is 0.425. The van der Waals surface area contributed by atoms with Gasteiger partial charge in [-0.15, -0.1) is 0 Å². The standard InChI is InChI=1S/C31H33BN4O5S/c1-20-10-11-23(18-26(20)32)41-29-13-12-24(16-21(29)2)42(39,40)36-28(17-22-19-34-27-9-5-4-8-25(22)27)30(37)35(31(36)38)15-7-3-6-14-33/h4-5,8-13,16,18-19,28,34H,3,6-7,14-15,17,33H2,1-2H3. The number of amides is 3. The second kappa shape index (κ2) is 12.0. The van der Waals surface area contributed by atoms with E-state index in [1.807, 2.05) is 37.3 Å². The van der Waals surface area contributed by atoms with Crippen LogP contribution < -0.4 is 15.9 Å². The maximum atomic E-state index is 14.1. The fourth-order valence-corrected chi connectivity index (χ4v) is 6.79. The number of unbranched alkanes of at least 4 members (excludes halogenated alkanes) is 2. The van der Waals surface area contributed by atoms with Crippen LogP contribution in [0.5, 0.6) is 11.5 Å². The molecule has 2 heterocycles. The number of H-pyrrole nitrogens is 1. The molecule has 5 rings (SSSR count). The molecule has 3 aromatic carbocycles. The number of aryl methyl sites for hydroxylation is 2. The van der Waals surface area contributed by atoms with E-state index in [2.05, 4.69) is 4.98 Å². The number of ether oxygens (including phenoxy) is 1. The van der Waals surface area contributed by atoms with E-state index in [-0.39, 0.29) is 17.9 Å². The maximum absolute atomic E-state index is 14.1. The zero-order valence-corrected chi connectivity index (χ0v) is 24.5. The van der Waals surface area contributed by atoms with Crippen LogP contribution in [0.15, 0.2) is 71.8 Å². The van der Waals surface area contributed by atoms with Crippen LogP contribution in [0.3, 0.4) is 0 Å². The number of benzene rings is 3. The molecule has 0 saturated carbocycles. The van der Waals surface area contributed by atoms with Gasteiger partial charge < -0.3 is 15.5 Å². The Kier molecular flexibility index (Phi) is 8.42. The molecule has 11 heteroatoms. The highest BCUT2D eigenvalue weighted by Crippen LogP contribution is 2.33. The van der Waals surface area contributed by atoms with Crippen molar-refractivity contribution in [3.63, 3.8) is 0 Å². The van der Waals surface area contributed by atoms with Crippen LogP contribution in [0.25, 0.3) is 10.9 Å². The van der Waals surface area contributed by atoms with Gasteiger partial charge in [-0.3, -0.25) is 9.69 Å². The normalized spacial score (nSPS) is 15.6. The van der Waals surface area contributed by atoms with Gasteiger partial charge >= 0.3 is 6.03 Å². The molecule has 3 N–H and O–H groups in total. The van der Waals surface area contributed by atoms with Crippen molar-refractivity contribution in [2.24, 2.45) is 5.73 Å². The highest BCUT2D eigenvalue weighted by Gasteiger charge is 2.51. The van der Waals surface area contributed by atoms with Crippen molar-refractivity contribution < 1.29 is 22.7 Å². The van der Waals surface area contributed by atoms with Crippen molar-refractivity contribution in [2.45, 2.75) is 50.5 Å². The van der Waals surface area contributed by atoms with Gasteiger partial charge in [0.25, 0.3) is 15.9 Å². The zero-order chi connectivity index (χ0) is 30.0. The van der Waals surface area contributed by atoms with Gasteiger partial charge in [0.05, 0.1) is 4.90 Å². The van der Waals surface area contributed by atoms with Gasteiger partial charge in [0.2, 0.25) is 0 Å². The van der Waals surface area contributed by atoms with E-state index < -0.39 is 28.0 Å². The molecule has 1 atom stereocenters. The first-order chi connectivity index (χ1) is 20.1. The summed E-state index contributed by atoms with van der Waals surface area (Å²) in [7, 11) is 1.60. The second-order valence-electron chi connectivity index (χ2n) is 10.5. The van der Waals surface area contributed by atoms with Crippen LogP contribution in [-0.2, 0) is 21.2 Å². The number of nitrogens with two attached hydrogens (primary N) is 1. The van der Waals surface area contributed by atoms with Crippen LogP contribution in [0, 0.1) is 13.8 Å². The van der Waals surface area contributed by atoms with E-state index >= 15 is 0 Å².